The van der Waals surface area contributed by atoms with Gasteiger partial charge in [-0.15, -0.1) is 0 Å². The maximum atomic E-state index is 12.5. The Morgan fingerprint density at radius 1 is 0.946 bits per heavy atom. The summed E-state index contributed by atoms with van der Waals surface area (Å²) in [5.74, 6) is 1.65. The molecule has 0 saturated heterocycles. The second kappa shape index (κ2) is 9.54. The van der Waals surface area contributed by atoms with Crippen LogP contribution in [-0.4, -0.2) is 33.6 Å². The number of benzene rings is 3. The topological polar surface area (TPSA) is 69.0 Å². The normalized spacial score (nSPS) is 13.0. The molecule has 1 fully saturated rings. The number of hydrogen-bond acceptors (Lipinski definition) is 4. The number of rotatable bonds is 7. The van der Waals surface area contributed by atoms with E-state index in [2.05, 4.69) is 63.3 Å². The van der Waals surface area contributed by atoms with Gasteiger partial charge in [0.15, 0.2) is 0 Å². The van der Waals surface area contributed by atoms with E-state index in [0.717, 1.165) is 69.7 Å². The summed E-state index contributed by atoms with van der Waals surface area (Å²) in [6.07, 6.45) is 6.74. The van der Waals surface area contributed by atoms with Gasteiger partial charge < -0.3 is 14.6 Å². The number of aryl methyl sites for hydroxylation is 1. The van der Waals surface area contributed by atoms with E-state index in [9.17, 15) is 4.79 Å². The highest BCUT2D eigenvalue weighted by molar-refractivity contribution is 6.00. The molecule has 1 aliphatic carbocycles. The largest absolute Gasteiger partial charge is 0.497 e. The standard InChI is InChI=1S/C31H28N4O2/c1-3-24-17-30(33-19-32-24)35-18-28(21-4-6-22(7-5-21)31(36)34-25-11-12-25)27-15-10-23(16-29(27)35)20-8-13-26(37-2)14-9-20/h4-10,13-19,25H,3,11-12H2,1-2H3,(H,34,36). The first-order chi connectivity index (χ1) is 18.1. The van der Waals surface area contributed by atoms with Crippen molar-refractivity contribution in [1.82, 2.24) is 19.9 Å². The number of hydrogen-bond donors (Lipinski definition) is 1. The molecule has 2 aromatic heterocycles. The molecule has 1 amide bonds. The van der Waals surface area contributed by atoms with Crippen molar-refractivity contribution in [3.05, 3.63) is 96.6 Å². The SMILES string of the molecule is CCc1cc(-n2cc(-c3ccc(C(=O)NC4CC4)cc3)c3ccc(-c4ccc(OC)cc4)cc32)ncn1. The third-order valence-corrected chi connectivity index (χ3v) is 6.92. The van der Waals surface area contributed by atoms with Crippen molar-refractivity contribution in [2.45, 2.75) is 32.2 Å². The van der Waals surface area contributed by atoms with Crippen LogP contribution >= 0.6 is 0 Å². The minimum absolute atomic E-state index is 0.00584. The van der Waals surface area contributed by atoms with Gasteiger partial charge in [0.25, 0.3) is 5.91 Å². The van der Waals surface area contributed by atoms with Crippen LogP contribution < -0.4 is 10.1 Å². The van der Waals surface area contributed by atoms with Gasteiger partial charge in [-0.05, 0) is 66.3 Å². The molecule has 0 aliphatic heterocycles. The number of nitrogens with zero attached hydrogens (tertiary/aromatic N) is 3. The fraction of sp³-hybridized carbons (Fsp3) is 0.194. The van der Waals surface area contributed by atoms with Crippen molar-refractivity contribution >= 4 is 16.8 Å². The van der Waals surface area contributed by atoms with E-state index in [1.165, 1.54) is 0 Å². The van der Waals surface area contributed by atoms with Crippen LogP contribution in [0.25, 0.3) is 39.0 Å². The number of methoxy groups -OCH3 is 1. The minimum atomic E-state index is -0.00584. The molecular weight excluding hydrogens is 460 g/mol. The first kappa shape index (κ1) is 23.0. The summed E-state index contributed by atoms with van der Waals surface area (Å²) in [6, 6.07) is 24.8. The summed E-state index contributed by atoms with van der Waals surface area (Å²) in [5.41, 5.74) is 7.09. The second-order valence-electron chi connectivity index (χ2n) is 9.42. The predicted octanol–water partition coefficient (Wildman–Crippen LogP) is 6.22. The van der Waals surface area contributed by atoms with Gasteiger partial charge in [0, 0.05) is 40.5 Å². The molecular formula is C31H28N4O2. The zero-order valence-electron chi connectivity index (χ0n) is 20.9. The van der Waals surface area contributed by atoms with E-state index in [1.807, 2.05) is 42.5 Å². The summed E-state index contributed by atoms with van der Waals surface area (Å²) in [6.45, 7) is 2.09. The van der Waals surface area contributed by atoms with Crippen LogP contribution in [0.2, 0.25) is 0 Å². The molecule has 0 radical (unpaired) electrons. The molecule has 6 rings (SSSR count). The second-order valence-corrected chi connectivity index (χ2v) is 9.42. The van der Waals surface area contributed by atoms with Gasteiger partial charge in [-0.1, -0.05) is 43.3 Å². The zero-order valence-corrected chi connectivity index (χ0v) is 20.9. The van der Waals surface area contributed by atoms with Gasteiger partial charge in [0.1, 0.15) is 17.9 Å². The Hall–Kier alpha value is -4.45. The molecule has 5 aromatic rings. The number of ether oxygens (including phenoxy) is 1. The van der Waals surface area contributed by atoms with Crippen molar-refractivity contribution < 1.29 is 9.53 Å². The van der Waals surface area contributed by atoms with Crippen molar-refractivity contribution in [1.29, 1.82) is 0 Å². The molecule has 37 heavy (non-hydrogen) atoms. The summed E-state index contributed by atoms with van der Waals surface area (Å²) < 4.78 is 7.46. The lowest BCUT2D eigenvalue weighted by Gasteiger charge is -2.08. The highest BCUT2D eigenvalue weighted by atomic mass is 16.5. The van der Waals surface area contributed by atoms with Crippen LogP contribution in [-0.2, 0) is 6.42 Å². The Balaban J connectivity index is 1.45. The Kier molecular flexibility index (Phi) is 5.93. The number of carbonyl (C=O) groups excluding carboxylic acids is 1. The Morgan fingerprint density at radius 3 is 2.38 bits per heavy atom. The van der Waals surface area contributed by atoms with Gasteiger partial charge >= 0.3 is 0 Å². The smallest absolute Gasteiger partial charge is 0.251 e. The molecule has 0 spiro atoms. The lowest BCUT2D eigenvalue weighted by atomic mass is 10.00. The molecule has 3 aromatic carbocycles. The van der Waals surface area contributed by atoms with Crippen molar-refractivity contribution in [3.63, 3.8) is 0 Å². The van der Waals surface area contributed by atoms with Gasteiger partial charge in [-0.3, -0.25) is 4.79 Å². The molecule has 0 unspecified atom stereocenters. The summed E-state index contributed by atoms with van der Waals surface area (Å²) in [4.78, 5) is 21.5. The van der Waals surface area contributed by atoms with Gasteiger partial charge in [-0.2, -0.15) is 0 Å². The lowest BCUT2D eigenvalue weighted by molar-refractivity contribution is 0.0951. The molecule has 2 heterocycles. The number of nitrogens with one attached hydrogen (secondary N) is 1. The third-order valence-electron chi connectivity index (χ3n) is 6.92. The highest BCUT2D eigenvalue weighted by Crippen LogP contribution is 2.35. The van der Waals surface area contributed by atoms with Gasteiger partial charge in [0.05, 0.1) is 12.6 Å². The molecule has 184 valence electrons. The summed E-state index contributed by atoms with van der Waals surface area (Å²) >= 11 is 0. The summed E-state index contributed by atoms with van der Waals surface area (Å²) in [5, 5.41) is 4.17. The third kappa shape index (κ3) is 4.58. The lowest BCUT2D eigenvalue weighted by Crippen LogP contribution is -2.25. The van der Waals surface area contributed by atoms with Crippen LogP contribution in [0.4, 0.5) is 0 Å². The Labute approximate surface area is 216 Å². The fourth-order valence-electron chi connectivity index (χ4n) is 4.62. The predicted molar refractivity (Wildman–Crippen MR) is 146 cm³/mol. The maximum Gasteiger partial charge on any atom is 0.251 e. The monoisotopic (exact) mass is 488 g/mol. The molecule has 1 saturated carbocycles. The molecule has 0 atom stereocenters. The molecule has 6 heteroatoms. The molecule has 0 bridgehead atoms. The van der Waals surface area contributed by atoms with Crippen LogP contribution in [0.15, 0.2) is 85.3 Å². The Morgan fingerprint density at radius 2 is 1.68 bits per heavy atom. The first-order valence-corrected chi connectivity index (χ1v) is 12.6. The molecule has 1 aliphatic rings. The van der Waals surface area contributed by atoms with Crippen molar-refractivity contribution in [3.8, 4) is 33.8 Å². The van der Waals surface area contributed by atoms with E-state index in [0.29, 0.717) is 11.6 Å². The average Bonchev–Trinajstić information content (AvgIpc) is 3.69. The van der Waals surface area contributed by atoms with Crippen molar-refractivity contribution in [2.24, 2.45) is 0 Å². The number of amides is 1. The number of fused-ring (bicyclic) bond motifs is 1. The van der Waals surface area contributed by atoms with Gasteiger partial charge in [0.2, 0.25) is 0 Å². The Bertz CT molecular complexity index is 1580. The quantitative estimate of drug-likeness (QED) is 0.295. The number of aromatic nitrogens is 3. The van der Waals surface area contributed by atoms with E-state index in [1.54, 1.807) is 13.4 Å². The van der Waals surface area contributed by atoms with Crippen molar-refractivity contribution in [2.75, 3.05) is 7.11 Å². The van der Waals surface area contributed by atoms with E-state index in [4.69, 9.17) is 4.74 Å². The number of carbonyl (C=O) groups is 1. The minimum Gasteiger partial charge on any atom is -0.497 e. The van der Waals surface area contributed by atoms with Crippen LogP contribution in [0.3, 0.4) is 0 Å². The zero-order chi connectivity index (χ0) is 25.4. The average molecular weight is 489 g/mol. The van der Waals surface area contributed by atoms with Gasteiger partial charge in [-0.25, -0.2) is 9.97 Å². The highest BCUT2D eigenvalue weighted by Gasteiger charge is 2.24. The maximum absolute atomic E-state index is 12.5. The van der Waals surface area contributed by atoms with Crippen LogP contribution in [0.5, 0.6) is 5.75 Å². The summed E-state index contributed by atoms with van der Waals surface area (Å²) in [7, 11) is 1.67. The van der Waals surface area contributed by atoms with E-state index < -0.39 is 0 Å². The van der Waals surface area contributed by atoms with Crippen LogP contribution in [0.1, 0.15) is 35.8 Å². The molecule has 1 N–H and O–H groups in total. The van der Waals surface area contributed by atoms with Crippen LogP contribution in [0, 0.1) is 0 Å². The fourth-order valence-corrected chi connectivity index (χ4v) is 4.62. The first-order valence-electron chi connectivity index (χ1n) is 12.6. The van der Waals surface area contributed by atoms with E-state index >= 15 is 0 Å². The molecule has 6 nitrogen and oxygen atoms in total. The van der Waals surface area contributed by atoms with E-state index in [-0.39, 0.29) is 5.91 Å².